The Bertz CT molecular complexity index is 1530. The maximum atomic E-state index is 12.2. The van der Waals surface area contributed by atoms with Crippen LogP contribution >= 0.6 is 0 Å². The lowest BCUT2D eigenvalue weighted by Crippen LogP contribution is -2.27. The van der Waals surface area contributed by atoms with E-state index < -0.39 is 12.2 Å². The molecule has 226 valence electrons. The van der Waals surface area contributed by atoms with Gasteiger partial charge in [-0.25, -0.2) is 19.6 Å². The molecular weight excluding hydrogens is 556 g/mol. The van der Waals surface area contributed by atoms with E-state index in [4.69, 9.17) is 9.47 Å². The zero-order chi connectivity index (χ0) is 30.7. The molecule has 0 saturated carbocycles. The smallest absolute Gasteiger partial charge is 0.407 e. The minimum absolute atomic E-state index is 0.213. The van der Waals surface area contributed by atoms with Crippen molar-refractivity contribution in [1.29, 1.82) is 0 Å². The minimum Gasteiger partial charge on any atom is -0.445 e. The van der Waals surface area contributed by atoms with Crippen LogP contribution in [0.4, 0.5) is 9.59 Å². The molecule has 0 aliphatic carbocycles. The summed E-state index contributed by atoms with van der Waals surface area (Å²) in [5, 5.41) is 5.67. The van der Waals surface area contributed by atoms with Crippen molar-refractivity contribution < 1.29 is 19.1 Å². The highest BCUT2D eigenvalue weighted by Gasteiger charge is 2.15. The van der Waals surface area contributed by atoms with Crippen LogP contribution in [0.5, 0.6) is 0 Å². The van der Waals surface area contributed by atoms with Crippen LogP contribution in [0.2, 0.25) is 0 Å². The van der Waals surface area contributed by atoms with Gasteiger partial charge in [0.2, 0.25) is 0 Å². The molecule has 0 aliphatic rings. The molecule has 0 fully saturated rings. The predicted molar refractivity (Wildman–Crippen MR) is 165 cm³/mol. The van der Waals surface area contributed by atoms with Crippen molar-refractivity contribution >= 4 is 12.2 Å². The molecule has 2 amide bonds. The maximum absolute atomic E-state index is 12.2. The molecule has 2 atom stereocenters. The van der Waals surface area contributed by atoms with Crippen LogP contribution in [-0.2, 0) is 35.8 Å². The first kappa shape index (κ1) is 30.1. The van der Waals surface area contributed by atoms with E-state index in [1.54, 1.807) is 12.7 Å². The van der Waals surface area contributed by atoms with E-state index in [1.165, 1.54) is 0 Å². The van der Waals surface area contributed by atoms with Gasteiger partial charge in [-0.15, -0.1) is 0 Å². The number of hydrogen-bond acceptors (Lipinski definition) is 6. The Morgan fingerprint density at radius 1 is 0.636 bits per heavy atom. The average Bonchev–Trinajstić information content (AvgIpc) is 3.70. The van der Waals surface area contributed by atoms with Gasteiger partial charge in [0.25, 0.3) is 0 Å². The standard InChI is InChI=1S/C34H36N6O4/c1-25(37-33(41)43-21-27-10-5-3-6-11-27)31-19-39(23-35-31)17-29-14-9-15-30(16-29)18-40-20-32(36-24-40)26(2)38-34(42)44-22-28-12-7-4-8-13-28/h3-16,19-20,23-26H,17-18,21-22H2,1-2H3,(H,37,41)(H,38,42)/t25-,26-/m0/s1. The molecule has 44 heavy (non-hydrogen) atoms. The largest absolute Gasteiger partial charge is 0.445 e. The first-order valence-electron chi connectivity index (χ1n) is 14.5. The molecule has 0 radical (unpaired) electrons. The van der Waals surface area contributed by atoms with Crippen LogP contribution < -0.4 is 10.6 Å². The first-order valence-corrected chi connectivity index (χ1v) is 14.5. The summed E-state index contributed by atoms with van der Waals surface area (Å²) >= 11 is 0. The Morgan fingerprint density at radius 2 is 1.05 bits per heavy atom. The van der Waals surface area contributed by atoms with Crippen LogP contribution in [-0.4, -0.2) is 31.3 Å². The van der Waals surface area contributed by atoms with Gasteiger partial charge in [0.1, 0.15) is 13.2 Å². The molecule has 0 saturated heterocycles. The Labute approximate surface area is 256 Å². The van der Waals surface area contributed by atoms with Crippen molar-refractivity contribution in [1.82, 2.24) is 29.7 Å². The van der Waals surface area contributed by atoms with Crippen molar-refractivity contribution in [2.75, 3.05) is 0 Å². The van der Waals surface area contributed by atoms with Crippen LogP contribution in [0.3, 0.4) is 0 Å². The second-order valence-corrected chi connectivity index (χ2v) is 10.6. The van der Waals surface area contributed by atoms with Crippen LogP contribution in [0.15, 0.2) is 110 Å². The zero-order valence-electron chi connectivity index (χ0n) is 24.8. The van der Waals surface area contributed by atoms with Crippen molar-refractivity contribution in [3.8, 4) is 0 Å². The fourth-order valence-corrected chi connectivity index (χ4v) is 4.65. The molecule has 2 N–H and O–H groups in total. The van der Waals surface area contributed by atoms with E-state index in [0.717, 1.165) is 33.6 Å². The summed E-state index contributed by atoms with van der Waals surface area (Å²) in [6.07, 6.45) is 6.40. The Kier molecular flexibility index (Phi) is 10.0. The minimum atomic E-state index is -0.487. The van der Waals surface area contributed by atoms with E-state index in [2.05, 4.69) is 38.8 Å². The topological polar surface area (TPSA) is 112 Å². The van der Waals surface area contributed by atoms with E-state index in [1.807, 2.05) is 102 Å². The number of nitrogens with zero attached hydrogens (tertiary/aromatic N) is 4. The monoisotopic (exact) mass is 592 g/mol. The van der Waals surface area contributed by atoms with Crippen molar-refractivity contribution in [3.05, 3.63) is 144 Å². The van der Waals surface area contributed by atoms with Gasteiger partial charge in [0, 0.05) is 25.5 Å². The number of nitrogens with one attached hydrogen (secondary N) is 2. The van der Waals surface area contributed by atoms with Crippen LogP contribution in [0, 0.1) is 0 Å². The number of carbonyl (C=O) groups excluding carboxylic acids is 2. The van der Waals surface area contributed by atoms with Crippen molar-refractivity contribution in [3.63, 3.8) is 0 Å². The molecule has 5 aromatic rings. The highest BCUT2D eigenvalue weighted by atomic mass is 16.6. The molecule has 2 aromatic heterocycles. The third kappa shape index (κ3) is 8.81. The Balaban J connectivity index is 1.09. The highest BCUT2D eigenvalue weighted by Crippen LogP contribution is 2.15. The summed E-state index contributed by atoms with van der Waals surface area (Å²) in [4.78, 5) is 33.5. The van der Waals surface area contributed by atoms with Crippen LogP contribution in [0.25, 0.3) is 0 Å². The third-order valence-corrected chi connectivity index (χ3v) is 7.01. The normalized spacial score (nSPS) is 12.2. The van der Waals surface area contributed by atoms with Crippen molar-refractivity contribution in [2.45, 2.75) is 52.2 Å². The molecule has 2 heterocycles. The van der Waals surface area contributed by atoms with Crippen molar-refractivity contribution in [2.24, 2.45) is 0 Å². The summed E-state index contributed by atoms with van der Waals surface area (Å²) in [6.45, 7) is 5.44. The summed E-state index contributed by atoms with van der Waals surface area (Å²) in [5.74, 6) is 0. The van der Waals surface area contributed by atoms with Gasteiger partial charge < -0.3 is 29.2 Å². The number of hydrogen-bond donors (Lipinski definition) is 2. The van der Waals surface area contributed by atoms with E-state index in [0.29, 0.717) is 13.1 Å². The second-order valence-electron chi connectivity index (χ2n) is 10.6. The lowest BCUT2D eigenvalue weighted by molar-refractivity contribution is 0.135. The zero-order valence-corrected chi connectivity index (χ0v) is 24.8. The van der Waals surface area contributed by atoms with E-state index >= 15 is 0 Å². The molecule has 10 nitrogen and oxygen atoms in total. The fraction of sp³-hybridized carbons (Fsp3) is 0.235. The van der Waals surface area contributed by atoms with E-state index in [-0.39, 0.29) is 25.3 Å². The molecular formula is C34H36N6O4. The number of carbonyl (C=O) groups is 2. The number of benzene rings is 3. The maximum Gasteiger partial charge on any atom is 0.407 e. The molecule has 3 aromatic carbocycles. The summed E-state index contributed by atoms with van der Waals surface area (Å²) < 4.78 is 14.6. The van der Waals surface area contributed by atoms with Gasteiger partial charge in [-0.1, -0.05) is 84.9 Å². The second kappa shape index (κ2) is 14.7. The number of alkyl carbamates (subject to hydrolysis) is 2. The first-order chi connectivity index (χ1) is 21.4. The molecule has 0 bridgehead atoms. The highest BCUT2D eigenvalue weighted by molar-refractivity contribution is 5.68. The van der Waals surface area contributed by atoms with Gasteiger partial charge in [-0.05, 0) is 36.1 Å². The molecule has 0 aliphatic heterocycles. The number of amides is 2. The van der Waals surface area contributed by atoms with Crippen LogP contribution in [0.1, 0.15) is 59.6 Å². The number of rotatable bonds is 12. The van der Waals surface area contributed by atoms with Gasteiger partial charge in [-0.2, -0.15) is 0 Å². The quantitative estimate of drug-likeness (QED) is 0.180. The average molecular weight is 593 g/mol. The lowest BCUT2D eigenvalue weighted by atomic mass is 10.1. The molecule has 0 unspecified atom stereocenters. The van der Waals surface area contributed by atoms with Gasteiger partial charge in [-0.3, -0.25) is 0 Å². The van der Waals surface area contributed by atoms with Gasteiger partial charge in [0.15, 0.2) is 0 Å². The molecule has 10 heteroatoms. The molecule has 5 rings (SSSR count). The summed E-state index contributed by atoms with van der Waals surface area (Å²) in [5.41, 5.74) is 5.58. The molecule has 0 spiro atoms. The van der Waals surface area contributed by atoms with Gasteiger partial charge in [0.05, 0.1) is 36.1 Å². The summed E-state index contributed by atoms with van der Waals surface area (Å²) in [6, 6.07) is 26.8. The number of aromatic nitrogens is 4. The predicted octanol–water partition coefficient (Wildman–Crippen LogP) is 6.15. The third-order valence-electron chi connectivity index (χ3n) is 7.01. The fourth-order valence-electron chi connectivity index (χ4n) is 4.65. The Morgan fingerprint density at radius 3 is 1.48 bits per heavy atom. The number of imidazole rings is 2. The van der Waals surface area contributed by atoms with Gasteiger partial charge >= 0.3 is 12.2 Å². The SMILES string of the molecule is C[C@H](NC(=O)OCc1ccccc1)c1cn(Cc2cccc(Cn3cnc([C@H](C)NC(=O)OCc4ccccc4)c3)c2)cn1. The summed E-state index contributed by atoms with van der Waals surface area (Å²) in [7, 11) is 0. The number of ether oxygens (including phenoxy) is 2. The van der Waals surface area contributed by atoms with E-state index in [9.17, 15) is 9.59 Å². The lowest BCUT2D eigenvalue weighted by Gasteiger charge is -2.12. The Hall–Kier alpha value is -5.38.